The minimum atomic E-state index is 0.796. The van der Waals surface area contributed by atoms with Gasteiger partial charge in [0.2, 0.25) is 0 Å². The van der Waals surface area contributed by atoms with E-state index in [1.54, 1.807) is 11.8 Å². The van der Waals surface area contributed by atoms with E-state index in [0.29, 0.717) is 0 Å². The second kappa shape index (κ2) is 5.85. The molecule has 0 unspecified atom stereocenters. The number of halogens is 1. The van der Waals surface area contributed by atoms with Crippen LogP contribution >= 0.6 is 23.4 Å². The highest BCUT2D eigenvalue weighted by Crippen LogP contribution is 2.29. The minimum Gasteiger partial charge on any atom is -0.331 e. The largest absolute Gasteiger partial charge is 0.331 e. The molecule has 0 atom stereocenters. The first-order valence-electron chi connectivity index (χ1n) is 6.45. The molecule has 0 radical (unpaired) electrons. The molecule has 20 heavy (non-hydrogen) atoms. The second-order valence-electron chi connectivity index (χ2n) is 4.39. The Kier molecular flexibility index (Phi) is 3.94. The summed E-state index contributed by atoms with van der Waals surface area (Å²) in [6.07, 6.45) is 3.71. The summed E-state index contributed by atoms with van der Waals surface area (Å²) < 4.78 is 2.12. The van der Waals surface area contributed by atoms with Gasteiger partial charge in [0, 0.05) is 23.5 Å². The molecule has 0 aliphatic rings. The number of nitrogens with zero attached hydrogens (tertiary/aromatic N) is 3. The average molecular weight is 304 g/mol. The number of fused-ring (bicyclic) bond motifs is 1. The lowest BCUT2D eigenvalue weighted by Crippen LogP contribution is -1.91. The highest BCUT2D eigenvalue weighted by molar-refractivity contribution is 7.98. The van der Waals surface area contributed by atoms with Gasteiger partial charge in [-0.2, -0.15) is 0 Å². The van der Waals surface area contributed by atoms with Crippen LogP contribution in [0.3, 0.4) is 0 Å². The zero-order valence-corrected chi connectivity index (χ0v) is 12.7. The maximum absolute atomic E-state index is 6.18. The van der Waals surface area contributed by atoms with Gasteiger partial charge in [-0.1, -0.05) is 41.6 Å². The van der Waals surface area contributed by atoms with Gasteiger partial charge in [0.1, 0.15) is 10.5 Å². The molecular weight excluding hydrogens is 290 g/mol. The molecule has 0 N–H and O–H groups in total. The summed E-state index contributed by atoms with van der Waals surface area (Å²) in [5, 5.41) is 1.75. The van der Waals surface area contributed by atoms with Crippen LogP contribution in [0, 0.1) is 0 Å². The quantitative estimate of drug-likeness (QED) is 0.669. The summed E-state index contributed by atoms with van der Waals surface area (Å²) in [5.74, 6) is 0.796. The molecule has 0 aliphatic heterocycles. The molecule has 0 bridgehead atoms. The molecule has 3 aromatic rings. The van der Waals surface area contributed by atoms with Crippen molar-refractivity contribution in [2.75, 3.05) is 0 Å². The van der Waals surface area contributed by atoms with Gasteiger partial charge < -0.3 is 4.57 Å². The third-order valence-corrected chi connectivity index (χ3v) is 4.56. The van der Waals surface area contributed by atoms with Crippen LogP contribution in [0.2, 0.25) is 5.02 Å². The number of hydrogen-bond acceptors (Lipinski definition) is 3. The molecule has 5 heteroatoms. The summed E-state index contributed by atoms with van der Waals surface area (Å²) in [4.78, 5) is 8.91. The molecular formula is C15H14ClN3S. The van der Waals surface area contributed by atoms with Gasteiger partial charge in [-0.3, -0.25) is 0 Å². The van der Waals surface area contributed by atoms with Crippen LogP contribution in [0.4, 0.5) is 0 Å². The van der Waals surface area contributed by atoms with Crippen molar-refractivity contribution in [2.24, 2.45) is 0 Å². The molecule has 1 aromatic carbocycles. The van der Waals surface area contributed by atoms with Crippen LogP contribution in [0.25, 0.3) is 11.0 Å². The van der Waals surface area contributed by atoms with Crippen molar-refractivity contribution in [1.82, 2.24) is 14.5 Å². The van der Waals surface area contributed by atoms with Crippen LogP contribution in [-0.2, 0) is 12.3 Å². The molecule has 3 rings (SSSR count). The highest BCUT2D eigenvalue weighted by Gasteiger charge is 2.09. The van der Waals surface area contributed by atoms with Gasteiger partial charge in [0.25, 0.3) is 0 Å². The number of aromatic nitrogens is 3. The van der Waals surface area contributed by atoms with Gasteiger partial charge in [-0.25, -0.2) is 9.97 Å². The third-order valence-electron chi connectivity index (χ3n) is 3.17. The first kappa shape index (κ1) is 13.5. The number of benzene rings is 1. The van der Waals surface area contributed by atoms with Gasteiger partial charge in [-0.15, -0.1) is 0 Å². The number of imidazole rings is 1. The van der Waals surface area contributed by atoms with E-state index >= 15 is 0 Å². The Morgan fingerprint density at radius 3 is 2.85 bits per heavy atom. The molecule has 0 aliphatic carbocycles. The first-order chi connectivity index (χ1) is 9.79. The number of hydrogen-bond donors (Lipinski definition) is 0. The normalized spacial score (nSPS) is 11.1. The lowest BCUT2D eigenvalue weighted by molar-refractivity contribution is 0.787. The van der Waals surface area contributed by atoms with Crippen molar-refractivity contribution >= 4 is 34.4 Å². The Morgan fingerprint density at radius 2 is 2.05 bits per heavy atom. The van der Waals surface area contributed by atoms with E-state index < -0.39 is 0 Å². The Balaban J connectivity index is 1.88. The van der Waals surface area contributed by atoms with Crippen molar-refractivity contribution in [3.8, 4) is 0 Å². The maximum atomic E-state index is 6.18. The zero-order chi connectivity index (χ0) is 13.9. The molecule has 0 fully saturated rings. The lowest BCUT2D eigenvalue weighted by atomic mass is 10.2. The summed E-state index contributed by atoms with van der Waals surface area (Å²) in [5.41, 5.74) is 3.21. The Morgan fingerprint density at radius 1 is 1.20 bits per heavy atom. The number of rotatable bonds is 4. The van der Waals surface area contributed by atoms with E-state index in [1.807, 2.05) is 42.9 Å². The smallest absolute Gasteiger partial charge is 0.124 e. The summed E-state index contributed by atoms with van der Waals surface area (Å²) in [7, 11) is 0. The lowest BCUT2D eigenvalue weighted by Gasteiger charge is -2.05. The third kappa shape index (κ3) is 2.53. The van der Waals surface area contributed by atoms with Crippen LogP contribution in [0.5, 0.6) is 0 Å². The van der Waals surface area contributed by atoms with Crippen molar-refractivity contribution in [1.29, 1.82) is 0 Å². The molecule has 0 amide bonds. The molecule has 102 valence electrons. The molecule has 0 saturated carbocycles. The van der Waals surface area contributed by atoms with Crippen LogP contribution < -0.4 is 0 Å². The Labute approximate surface area is 127 Å². The maximum Gasteiger partial charge on any atom is 0.124 e. The van der Waals surface area contributed by atoms with E-state index in [0.717, 1.165) is 38.9 Å². The van der Waals surface area contributed by atoms with Crippen molar-refractivity contribution in [3.05, 3.63) is 53.4 Å². The van der Waals surface area contributed by atoms with E-state index in [4.69, 9.17) is 11.6 Å². The second-order valence-corrected chi connectivity index (χ2v) is 5.77. The molecule has 0 spiro atoms. The average Bonchev–Trinajstić information content (AvgIpc) is 2.90. The summed E-state index contributed by atoms with van der Waals surface area (Å²) in [6.45, 7) is 3.02. The van der Waals surface area contributed by atoms with E-state index in [1.165, 1.54) is 0 Å². The fourth-order valence-corrected chi connectivity index (χ4v) is 3.34. The van der Waals surface area contributed by atoms with Gasteiger partial charge >= 0.3 is 0 Å². The monoisotopic (exact) mass is 303 g/mol. The minimum absolute atomic E-state index is 0.796. The molecule has 2 heterocycles. The summed E-state index contributed by atoms with van der Waals surface area (Å²) >= 11 is 7.85. The van der Waals surface area contributed by atoms with E-state index in [-0.39, 0.29) is 0 Å². The zero-order valence-electron chi connectivity index (χ0n) is 11.1. The van der Waals surface area contributed by atoms with Gasteiger partial charge in [0.05, 0.1) is 11.8 Å². The van der Waals surface area contributed by atoms with Crippen LogP contribution in [0.1, 0.15) is 12.5 Å². The van der Waals surface area contributed by atoms with Crippen molar-refractivity contribution in [2.45, 2.75) is 24.2 Å². The molecule has 3 nitrogen and oxygen atoms in total. The van der Waals surface area contributed by atoms with Crippen LogP contribution in [-0.4, -0.2) is 14.5 Å². The fourth-order valence-electron chi connectivity index (χ4n) is 2.09. The van der Waals surface area contributed by atoms with Gasteiger partial charge in [0.15, 0.2) is 0 Å². The standard InChI is InChI=1S/C15H14ClN3S/c1-2-19-10-18-14-13(19)7-8-17-15(14)20-9-11-5-3-4-6-12(11)16/h3-8,10H,2,9H2,1H3. The van der Waals surface area contributed by atoms with Crippen LogP contribution in [0.15, 0.2) is 47.9 Å². The Bertz CT molecular complexity index is 739. The van der Waals surface area contributed by atoms with Crippen molar-refractivity contribution < 1.29 is 0 Å². The fraction of sp³-hybridized carbons (Fsp3) is 0.200. The topological polar surface area (TPSA) is 30.7 Å². The summed E-state index contributed by atoms with van der Waals surface area (Å²) in [6, 6.07) is 9.91. The van der Waals surface area contributed by atoms with E-state index in [2.05, 4.69) is 21.5 Å². The van der Waals surface area contributed by atoms with Gasteiger partial charge in [-0.05, 0) is 24.6 Å². The first-order valence-corrected chi connectivity index (χ1v) is 7.82. The van der Waals surface area contributed by atoms with Crippen molar-refractivity contribution in [3.63, 3.8) is 0 Å². The number of thioether (sulfide) groups is 1. The number of pyridine rings is 1. The predicted octanol–water partition coefficient (Wildman–Crippen LogP) is 4.40. The predicted molar refractivity (Wildman–Crippen MR) is 84.2 cm³/mol. The van der Waals surface area contributed by atoms with E-state index in [9.17, 15) is 0 Å². The number of aryl methyl sites for hydroxylation is 1. The Hall–Kier alpha value is -1.52. The molecule has 0 saturated heterocycles. The SMILES string of the molecule is CCn1cnc2c(SCc3ccccc3Cl)nccc21. The highest BCUT2D eigenvalue weighted by atomic mass is 35.5. The molecule has 2 aromatic heterocycles.